The Balaban J connectivity index is 2.40. The third-order valence-electron chi connectivity index (χ3n) is 4.00. The number of hydrogen-bond acceptors (Lipinski definition) is 3. The van der Waals surface area contributed by atoms with Crippen molar-refractivity contribution in [2.45, 2.75) is 65.5 Å². The molecule has 1 aromatic carbocycles. The third kappa shape index (κ3) is 4.62. The Hall–Kier alpha value is -2.30. The summed E-state index contributed by atoms with van der Waals surface area (Å²) in [5, 5.41) is 5.49. The van der Waals surface area contributed by atoms with Crippen LogP contribution in [0.5, 0.6) is 0 Å². The average Bonchev–Trinajstić information content (AvgIpc) is 2.43. The van der Waals surface area contributed by atoms with Gasteiger partial charge in [-0.05, 0) is 44.2 Å². The number of amides is 2. The monoisotopic (exact) mass is 344 g/mol. The Morgan fingerprint density at radius 1 is 1.04 bits per heavy atom. The van der Waals surface area contributed by atoms with Crippen LogP contribution in [0.3, 0.4) is 0 Å². The highest BCUT2D eigenvalue weighted by Crippen LogP contribution is 2.30. The predicted octanol–water partition coefficient (Wildman–Crippen LogP) is 3.95. The maximum atomic E-state index is 12.7. The highest BCUT2D eigenvalue weighted by Gasteiger charge is 2.34. The largest absolute Gasteiger partial charge is 0.456 e. The minimum atomic E-state index is -0.605. The summed E-state index contributed by atoms with van der Waals surface area (Å²) in [6.07, 6.45) is 0. The molecule has 5 heteroatoms. The van der Waals surface area contributed by atoms with Crippen LogP contribution in [0.25, 0.3) is 0 Å². The topological polar surface area (TPSA) is 67.4 Å². The average molecular weight is 344 g/mol. The maximum Gasteiger partial charge on any atom is 0.338 e. The van der Waals surface area contributed by atoms with Crippen molar-refractivity contribution in [2.75, 3.05) is 0 Å². The van der Waals surface area contributed by atoms with E-state index in [1.807, 2.05) is 45.0 Å². The van der Waals surface area contributed by atoms with E-state index in [9.17, 15) is 9.59 Å². The fourth-order valence-electron chi connectivity index (χ4n) is 2.72. The minimum Gasteiger partial charge on any atom is -0.456 e. The van der Waals surface area contributed by atoms with E-state index in [1.165, 1.54) is 5.56 Å². The zero-order valence-electron chi connectivity index (χ0n) is 16.1. The van der Waals surface area contributed by atoms with E-state index in [0.29, 0.717) is 11.3 Å². The van der Waals surface area contributed by atoms with E-state index in [4.69, 9.17) is 4.74 Å². The Bertz CT molecular complexity index is 704. The summed E-state index contributed by atoms with van der Waals surface area (Å²) in [7, 11) is 0. The molecule has 0 fully saturated rings. The van der Waals surface area contributed by atoms with Crippen molar-refractivity contribution in [1.29, 1.82) is 0 Å². The van der Waals surface area contributed by atoms with E-state index in [-0.39, 0.29) is 11.4 Å². The van der Waals surface area contributed by atoms with Gasteiger partial charge in [-0.15, -0.1) is 0 Å². The van der Waals surface area contributed by atoms with Gasteiger partial charge in [0.25, 0.3) is 0 Å². The van der Waals surface area contributed by atoms with Crippen LogP contribution in [-0.4, -0.2) is 17.6 Å². The molecular formula is C20H28N2O3. The molecule has 25 heavy (non-hydrogen) atoms. The van der Waals surface area contributed by atoms with E-state index in [0.717, 1.165) is 5.56 Å². The molecule has 0 unspecified atom stereocenters. The van der Waals surface area contributed by atoms with Gasteiger partial charge in [-0.2, -0.15) is 0 Å². The maximum absolute atomic E-state index is 12.7. The summed E-state index contributed by atoms with van der Waals surface area (Å²) in [5.74, 6) is -0.428. The van der Waals surface area contributed by atoms with Crippen molar-refractivity contribution in [2.24, 2.45) is 0 Å². The van der Waals surface area contributed by atoms with Gasteiger partial charge in [-0.1, -0.05) is 45.0 Å². The highest BCUT2D eigenvalue weighted by atomic mass is 16.6. The van der Waals surface area contributed by atoms with Crippen LogP contribution in [0.1, 0.15) is 65.6 Å². The van der Waals surface area contributed by atoms with Crippen LogP contribution >= 0.6 is 0 Å². The van der Waals surface area contributed by atoms with Crippen molar-refractivity contribution in [3.05, 3.63) is 46.7 Å². The lowest BCUT2D eigenvalue weighted by Crippen LogP contribution is -2.46. The number of carbonyl (C=O) groups is 2. The number of allylic oxidation sites excluding steroid dienone is 1. The number of hydrogen-bond donors (Lipinski definition) is 2. The smallest absolute Gasteiger partial charge is 0.338 e. The first-order chi connectivity index (χ1) is 11.4. The summed E-state index contributed by atoms with van der Waals surface area (Å²) < 4.78 is 5.52. The summed E-state index contributed by atoms with van der Waals surface area (Å²) in [4.78, 5) is 24.6. The number of nitrogens with one attached hydrogen (secondary N) is 2. The summed E-state index contributed by atoms with van der Waals surface area (Å²) in [5.41, 5.74) is 2.42. The lowest BCUT2D eigenvalue weighted by Gasteiger charge is -2.30. The first-order valence-corrected chi connectivity index (χ1v) is 8.50. The molecule has 0 bridgehead atoms. The zero-order valence-corrected chi connectivity index (χ0v) is 16.1. The molecular weight excluding hydrogens is 316 g/mol. The van der Waals surface area contributed by atoms with Gasteiger partial charge in [0, 0.05) is 5.70 Å². The van der Waals surface area contributed by atoms with Crippen LogP contribution < -0.4 is 10.6 Å². The number of esters is 1. The quantitative estimate of drug-likeness (QED) is 0.798. The van der Waals surface area contributed by atoms with Crippen LogP contribution in [0, 0.1) is 0 Å². The van der Waals surface area contributed by atoms with Gasteiger partial charge in [0.1, 0.15) is 5.60 Å². The standard InChI is InChI=1S/C20H28N2O3/c1-12-15(17(23)25-20(5,6)7)16(22-18(24)21-12)13-8-10-14(11-9-13)19(2,3)4/h8-11,16H,1-7H3,(H2,21,22,24)/t16-/m0/s1. The number of carbonyl (C=O) groups excluding carboxylic acids is 2. The van der Waals surface area contributed by atoms with E-state index in [1.54, 1.807) is 6.92 Å². The van der Waals surface area contributed by atoms with Gasteiger partial charge in [0.05, 0.1) is 11.6 Å². The van der Waals surface area contributed by atoms with Crippen molar-refractivity contribution in [3.8, 4) is 0 Å². The fraction of sp³-hybridized carbons (Fsp3) is 0.500. The van der Waals surface area contributed by atoms with Gasteiger partial charge in [-0.3, -0.25) is 0 Å². The summed E-state index contributed by atoms with van der Waals surface area (Å²) in [6.45, 7) is 13.6. The molecule has 1 aromatic rings. The summed E-state index contributed by atoms with van der Waals surface area (Å²) >= 11 is 0. The minimum absolute atomic E-state index is 0.0374. The molecule has 2 rings (SSSR count). The molecule has 2 N–H and O–H groups in total. The molecule has 1 aliphatic rings. The second kappa shape index (κ2) is 6.54. The van der Waals surface area contributed by atoms with Gasteiger partial charge in [0.15, 0.2) is 0 Å². The van der Waals surface area contributed by atoms with Crippen molar-refractivity contribution in [1.82, 2.24) is 10.6 Å². The van der Waals surface area contributed by atoms with Crippen LogP contribution in [0.4, 0.5) is 4.79 Å². The molecule has 0 aromatic heterocycles. The first kappa shape index (κ1) is 19.0. The van der Waals surface area contributed by atoms with E-state index >= 15 is 0 Å². The Labute approximate surface area is 149 Å². The molecule has 136 valence electrons. The molecule has 0 spiro atoms. The molecule has 1 aliphatic heterocycles. The number of urea groups is 1. The number of rotatable bonds is 2. The molecule has 1 heterocycles. The van der Waals surface area contributed by atoms with Crippen LogP contribution in [0.15, 0.2) is 35.5 Å². The Morgan fingerprint density at radius 2 is 1.60 bits per heavy atom. The second-order valence-corrected chi connectivity index (χ2v) is 8.44. The normalized spacial score (nSPS) is 18.5. The molecule has 0 radical (unpaired) electrons. The van der Waals surface area contributed by atoms with Crippen molar-refractivity contribution >= 4 is 12.0 Å². The number of ether oxygens (including phenoxy) is 1. The lowest BCUT2D eigenvalue weighted by molar-refractivity contribution is -0.150. The fourth-order valence-corrected chi connectivity index (χ4v) is 2.72. The molecule has 0 saturated heterocycles. The third-order valence-corrected chi connectivity index (χ3v) is 4.00. The SMILES string of the molecule is CC1=C(C(=O)OC(C)(C)C)[C@H](c2ccc(C(C)(C)C)cc2)NC(=O)N1. The van der Waals surface area contributed by atoms with E-state index < -0.39 is 17.6 Å². The number of benzene rings is 1. The summed E-state index contributed by atoms with van der Waals surface area (Å²) in [6, 6.07) is 7.12. The van der Waals surface area contributed by atoms with Gasteiger partial charge in [0.2, 0.25) is 0 Å². The van der Waals surface area contributed by atoms with Gasteiger partial charge < -0.3 is 15.4 Å². The van der Waals surface area contributed by atoms with Gasteiger partial charge in [-0.25, -0.2) is 9.59 Å². The second-order valence-electron chi connectivity index (χ2n) is 8.44. The van der Waals surface area contributed by atoms with Crippen LogP contribution in [0.2, 0.25) is 0 Å². The van der Waals surface area contributed by atoms with Crippen LogP contribution in [-0.2, 0) is 14.9 Å². The zero-order chi connectivity index (χ0) is 19.0. The molecule has 2 amide bonds. The highest BCUT2D eigenvalue weighted by molar-refractivity contribution is 5.95. The van der Waals surface area contributed by atoms with Gasteiger partial charge >= 0.3 is 12.0 Å². The molecule has 0 saturated carbocycles. The van der Waals surface area contributed by atoms with E-state index in [2.05, 4.69) is 31.4 Å². The first-order valence-electron chi connectivity index (χ1n) is 8.50. The van der Waals surface area contributed by atoms with Crippen molar-refractivity contribution in [3.63, 3.8) is 0 Å². The lowest BCUT2D eigenvalue weighted by atomic mass is 9.85. The Kier molecular flexibility index (Phi) is 4.98. The Morgan fingerprint density at radius 3 is 2.08 bits per heavy atom. The molecule has 5 nitrogen and oxygen atoms in total. The van der Waals surface area contributed by atoms with Crippen molar-refractivity contribution < 1.29 is 14.3 Å². The predicted molar refractivity (Wildman–Crippen MR) is 98.1 cm³/mol. The molecule has 0 aliphatic carbocycles. The molecule has 1 atom stereocenters.